The minimum Gasteiger partial charge on any atom is -0.463 e. The minimum absolute atomic E-state index is 0.148. The third-order valence-electron chi connectivity index (χ3n) is 4.10. The van der Waals surface area contributed by atoms with Crippen LogP contribution in [0.25, 0.3) is 0 Å². The average molecular weight is 343 g/mol. The molecule has 2 aliphatic heterocycles. The molecule has 0 aliphatic carbocycles. The van der Waals surface area contributed by atoms with E-state index in [1.54, 1.807) is 38.1 Å². The summed E-state index contributed by atoms with van der Waals surface area (Å²) in [6.07, 6.45) is 0. The number of hydrogen-bond acceptors (Lipinski definition) is 5. The summed E-state index contributed by atoms with van der Waals surface area (Å²) in [5.74, 6) is -1.50. The van der Waals surface area contributed by atoms with Gasteiger partial charge >= 0.3 is 12.0 Å². The molecule has 130 valence electrons. The average Bonchev–Trinajstić information content (AvgIpc) is 2.80. The molecule has 1 aromatic carbocycles. The van der Waals surface area contributed by atoms with Crippen LogP contribution in [0.1, 0.15) is 34.6 Å². The lowest BCUT2D eigenvalue weighted by atomic mass is 10.0. The topological polar surface area (TPSA) is 105 Å². The number of esters is 1. The highest BCUT2D eigenvalue weighted by atomic mass is 16.5. The van der Waals surface area contributed by atoms with Gasteiger partial charge in [-0.2, -0.15) is 0 Å². The number of allylic oxidation sites excluding steroid dienone is 1. The highest BCUT2D eigenvalue weighted by molar-refractivity contribution is 6.21. The number of carbonyl (C=O) groups is 4. The lowest BCUT2D eigenvalue weighted by Crippen LogP contribution is -2.55. The largest absolute Gasteiger partial charge is 0.463 e. The van der Waals surface area contributed by atoms with Gasteiger partial charge in [-0.05, 0) is 26.0 Å². The highest BCUT2D eigenvalue weighted by Crippen LogP contribution is 2.24. The van der Waals surface area contributed by atoms with Gasteiger partial charge < -0.3 is 15.4 Å². The normalized spacial score (nSPS) is 19.5. The van der Waals surface area contributed by atoms with Crippen molar-refractivity contribution in [1.82, 2.24) is 15.5 Å². The summed E-state index contributed by atoms with van der Waals surface area (Å²) in [6, 6.07) is 5.15. The molecule has 1 atom stereocenters. The van der Waals surface area contributed by atoms with Gasteiger partial charge in [0.15, 0.2) is 0 Å². The molecule has 4 amide bonds. The molecule has 3 rings (SSSR count). The summed E-state index contributed by atoms with van der Waals surface area (Å²) in [5.41, 5.74) is 1.15. The number of imide groups is 1. The number of urea groups is 1. The maximum atomic E-state index is 12.5. The molecule has 0 radical (unpaired) electrons. The Bertz CT molecular complexity index is 779. The van der Waals surface area contributed by atoms with Crippen molar-refractivity contribution in [3.8, 4) is 0 Å². The van der Waals surface area contributed by atoms with E-state index in [1.165, 1.54) is 0 Å². The van der Waals surface area contributed by atoms with Gasteiger partial charge in [0, 0.05) is 5.70 Å². The molecular formula is C17H17N3O5. The maximum absolute atomic E-state index is 12.5. The van der Waals surface area contributed by atoms with Gasteiger partial charge in [-0.1, -0.05) is 12.1 Å². The van der Waals surface area contributed by atoms with Crippen LogP contribution in [0.15, 0.2) is 35.5 Å². The van der Waals surface area contributed by atoms with Crippen LogP contribution in [0.5, 0.6) is 0 Å². The first-order chi connectivity index (χ1) is 11.9. The molecular weight excluding hydrogens is 326 g/mol. The Labute approximate surface area is 143 Å². The predicted octanol–water partition coefficient (Wildman–Crippen LogP) is 0.801. The Balaban J connectivity index is 1.90. The third kappa shape index (κ3) is 2.86. The first kappa shape index (κ1) is 16.7. The second-order valence-corrected chi connectivity index (χ2v) is 5.68. The Morgan fingerprint density at radius 3 is 2.32 bits per heavy atom. The van der Waals surface area contributed by atoms with Crippen LogP contribution >= 0.6 is 0 Å². The molecule has 8 nitrogen and oxygen atoms in total. The highest BCUT2D eigenvalue weighted by Gasteiger charge is 2.40. The number of hydrogen-bond donors (Lipinski definition) is 2. The number of rotatable bonds is 4. The number of carbonyl (C=O) groups excluding carboxylic acids is 4. The van der Waals surface area contributed by atoms with E-state index in [0.29, 0.717) is 16.8 Å². The molecule has 25 heavy (non-hydrogen) atoms. The fourth-order valence-electron chi connectivity index (χ4n) is 2.99. The van der Waals surface area contributed by atoms with E-state index >= 15 is 0 Å². The first-order valence-corrected chi connectivity index (χ1v) is 7.84. The minimum atomic E-state index is -0.838. The van der Waals surface area contributed by atoms with E-state index < -0.39 is 29.9 Å². The molecule has 1 unspecified atom stereocenters. The van der Waals surface area contributed by atoms with Gasteiger partial charge in [0.1, 0.15) is 0 Å². The van der Waals surface area contributed by atoms with Crippen molar-refractivity contribution >= 4 is 23.8 Å². The molecule has 8 heteroatoms. The summed E-state index contributed by atoms with van der Waals surface area (Å²) >= 11 is 0. The number of nitrogens with zero attached hydrogens (tertiary/aromatic N) is 1. The van der Waals surface area contributed by atoms with Crippen LogP contribution in [0.2, 0.25) is 0 Å². The van der Waals surface area contributed by atoms with Crippen LogP contribution in [0.3, 0.4) is 0 Å². The van der Waals surface area contributed by atoms with E-state index in [4.69, 9.17) is 4.74 Å². The predicted molar refractivity (Wildman–Crippen MR) is 86.6 cm³/mol. The molecule has 1 aromatic rings. The molecule has 0 aromatic heterocycles. The summed E-state index contributed by atoms with van der Waals surface area (Å²) in [7, 11) is 0. The zero-order valence-corrected chi connectivity index (χ0v) is 13.8. The molecule has 0 spiro atoms. The number of ether oxygens (including phenoxy) is 1. The molecule has 0 saturated heterocycles. The van der Waals surface area contributed by atoms with Gasteiger partial charge in [0.2, 0.25) is 0 Å². The maximum Gasteiger partial charge on any atom is 0.337 e. The van der Waals surface area contributed by atoms with Crippen LogP contribution < -0.4 is 10.6 Å². The number of fused-ring (bicyclic) bond motifs is 1. The third-order valence-corrected chi connectivity index (χ3v) is 4.10. The van der Waals surface area contributed by atoms with Crippen molar-refractivity contribution in [2.45, 2.75) is 19.9 Å². The van der Waals surface area contributed by atoms with E-state index in [-0.39, 0.29) is 18.7 Å². The second kappa shape index (κ2) is 6.39. The number of nitrogens with one attached hydrogen (secondary N) is 2. The van der Waals surface area contributed by atoms with E-state index in [0.717, 1.165) is 4.90 Å². The summed E-state index contributed by atoms with van der Waals surface area (Å²) < 4.78 is 5.02. The van der Waals surface area contributed by atoms with Gasteiger partial charge in [0.25, 0.3) is 11.8 Å². The lowest BCUT2D eigenvalue weighted by molar-refractivity contribution is -0.139. The number of amides is 4. The summed E-state index contributed by atoms with van der Waals surface area (Å²) in [6.45, 7) is 3.26. The van der Waals surface area contributed by atoms with Gasteiger partial charge in [-0.25, -0.2) is 9.59 Å². The van der Waals surface area contributed by atoms with Crippen molar-refractivity contribution in [2.75, 3.05) is 13.2 Å². The van der Waals surface area contributed by atoms with Gasteiger partial charge in [-0.3, -0.25) is 14.5 Å². The molecule has 0 bridgehead atoms. The first-order valence-electron chi connectivity index (χ1n) is 7.84. The van der Waals surface area contributed by atoms with E-state index in [9.17, 15) is 19.2 Å². The smallest absolute Gasteiger partial charge is 0.337 e. The van der Waals surface area contributed by atoms with E-state index in [2.05, 4.69) is 10.6 Å². The van der Waals surface area contributed by atoms with Crippen molar-refractivity contribution in [3.05, 3.63) is 46.7 Å². The van der Waals surface area contributed by atoms with Crippen LogP contribution in [-0.2, 0) is 9.53 Å². The van der Waals surface area contributed by atoms with Crippen molar-refractivity contribution in [3.63, 3.8) is 0 Å². The van der Waals surface area contributed by atoms with Crippen molar-refractivity contribution in [1.29, 1.82) is 0 Å². The SMILES string of the molecule is CCOC(=O)C1=C(C)NC(=O)NC1CN1C(=O)c2ccccc2C1=O. The second-order valence-electron chi connectivity index (χ2n) is 5.68. The van der Waals surface area contributed by atoms with Crippen LogP contribution in [0, 0.1) is 0 Å². The zero-order valence-electron chi connectivity index (χ0n) is 13.8. The zero-order chi connectivity index (χ0) is 18.1. The Morgan fingerprint density at radius 1 is 1.16 bits per heavy atom. The summed E-state index contributed by atoms with van der Waals surface area (Å²) in [4.78, 5) is 50.0. The molecule has 0 saturated carbocycles. The fourth-order valence-corrected chi connectivity index (χ4v) is 2.99. The molecule has 0 fully saturated rings. The van der Waals surface area contributed by atoms with Gasteiger partial charge in [0.05, 0.1) is 35.9 Å². The van der Waals surface area contributed by atoms with Crippen molar-refractivity contribution in [2.24, 2.45) is 0 Å². The lowest BCUT2D eigenvalue weighted by Gasteiger charge is -2.30. The monoisotopic (exact) mass is 343 g/mol. The van der Waals surface area contributed by atoms with Gasteiger partial charge in [-0.15, -0.1) is 0 Å². The molecule has 2 heterocycles. The van der Waals surface area contributed by atoms with Crippen LogP contribution in [-0.4, -0.2) is 47.9 Å². The number of benzene rings is 1. The van der Waals surface area contributed by atoms with Crippen LogP contribution in [0.4, 0.5) is 4.79 Å². The molecule has 2 aliphatic rings. The quantitative estimate of drug-likeness (QED) is 0.621. The summed E-state index contributed by atoms with van der Waals surface area (Å²) in [5, 5.41) is 5.08. The Kier molecular flexibility index (Phi) is 4.26. The van der Waals surface area contributed by atoms with Crippen molar-refractivity contribution < 1.29 is 23.9 Å². The Morgan fingerprint density at radius 2 is 1.76 bits per heavy atom. The fraction of sp³-hybridized carbons (Fsp3) is 0.294. The molecule has 2 N–H and O–H groups in total. The standard InChI is InChI=1S/C17H17N3O5/c1-3-25-16(23)13-9(2)18-17(24)19-12(13)8-20-14(21)10-6-4-5-7-11(10)15(20)22/h4-7,12H,3,8H2,1-2H3,(H2,18,19,24). The van der Waals surface area contributed by atoms with E-state index in [1.807, 2.05) is 0 Å². The Hall–Kier alpha value is -3.16.